The molecule has 0 aromatic heterocycles. The Hall–Kier alpha value is -2.52. The van der Waals surface area contributed by atoms with Crippen LogP contribution in [0.5, 0.6) is 11.5 Å². The molecular weight excluding hydrogens is 320 g/mol. The van der Waals surface area contributed by atoms with Gasteiger partial charge in [0.2, 0.25) is 12.7 Å². The molecule has 1 amide bonds. The van der Waals surface area contributed by atoms with Crippen molar-refractivity contribution in [3.8, 4) is 17.6 Å². The van der Waals surface area contributed by atoms with Gasteiger partial charge in [0.1, 0.15) is 0 Å². The molecule has 1 aromatic rings. The maximum Gasteiger partial charge on any atom is 0.245 e. The molecule has 0 radical (unpaired) electrons. The van der Waals surface area contributed by atoms with Crippen LogP contribution in [-0.4, -0.2) is 25.0 Å². The standard InChI is InChI=1S/C16H15ClN2O4/c1-2-5-19-16(21)11(8-18)13(20)4-3-10-6-12(17)15-14(7-10)22-9-23-15/h3-4,6-7,11H,2,5,9H2,1H3,(H,19,21). The molecular formula is C16H15ClN2O4. The Labute approximate surface area is 138 Å². The summed E-state index contributed by atoms with van der Waals surface area (Å²) in [5.74, 6) is -1.59. The number of hydrogen-bond acceptors (Lipinski definition) is 5. The van der Waals surface area contributed by atoms with Gasteiger partial charge < -0.3 is 14.8 Å². The third kappa shape index (κ3) is 4.02. The van der Waals surface area contributed by atoms with Gasteiger partial charge in [0, 0.05) is 6.54 Å². The van der Waals surface area contributed by atoms with Gasteiger partial charge in [-0.25, -0.2) is 0 Å². The second-order valence-electron chi connectivity index (χ2n) is 4.83. The molecule has 7 heteroatoms. The number of halogens is 1. The number of ether oxygens (including phenoxy) is 2. The lowest BCUT2D eigenvalue weighted by atomic mass is 10.0. The summed E-state index contributed by atoms with van der Waals surface area (Å²) in [4.78, 5) is 23.8. The predicted molar refractivity (Wildman–Crippen MR) is 84.0 cm³/mol. The largest absolute Gasteiger partial charge is 0.454 e. The summed E-state index contributed by atoms with van der Waals surface area (Å²) in [6.45, 7) is 2.40. The Balaban J connectivity index is 2.10. The van der Waals surface area contributed by atoms with E-state index in [1.54, 1.807) is 18.2 Å². The van der Waals surface area contributed by atoms with Crippen LogP contribution < -0.4 is 14.8 Å². The number of hydrogen-bond donors (Lipinski definition) is 1. The first-order valence-electron chi connectivity index (χ1n) is 7.05. The van der Waals surface area contributed by atoms with E-state index in [0.29, 0.717) is 28.6 Å². The predicted octanol–water partition coefficient (Wildman–Crippen LogP) is 2.32. The minimum absolute atomic E-state index is 0.0925. The summed E-state index contributed by atoms with van der Waals surface area (Å²) in [7, 11) is 0. The van der Waals surface area contributed by atoms with Crippen molar-refractivity contribution in [1.82, 2.24) is 5.32 Å². The van der Waals surface area contributed by atoms with Crippen molar-refractivity contribution in [3.05, 3.63) is 28.8 Å². The van der Waals surface area contributed by atoms with Crippen molar-refractivity contribution in [2.75, 3.05) is 13.3 Å². The lowest BCUT2D eigenvalue weighted by Crippen LogP contribution is -2.34. The fourth-order valence-electron chi connectivity index (χ4n) is 1.96. The zero-order chi connectivity index (χ0) is 16.8. The fraction of sp³-hybridized carbons (Fsp3) is 0.312. The maximum atomic E-state index is 12.0. The van der Waals surface area contributed by atoms with Gasteiger partial charge in [0.05, 0.1) is 11.1 Å². The number of nitrogens with one attached hydrogen (secondary N) is 1. The third-order valence-corrected chi connectivity index (χ3v) is 3.40. The van der Waals surface area contributed by atoms with Crippen LogP contribution >= 0.6 is 11.6 Å². The van der Waals surface area contributed by atoms with Gasteiger partial charge in [-0.1, -0.05) is 24.6 Å². The minimum Gasteiger partial charge on any atom is -0.454 e. The molecule has 0 aliphatic carbocycles. The number of carbonyl (C=O) groups excluding carboxylic acids is 2. The van der Waals surface area contributed by atoms with Crippen LogP contribution in [0.15, 0.2) is 18.2 Å². The van der Waals surface area contributed by atoms with Crippen LogP contribution in [0.3, 0.4) is 0 Å². The minimum atomic E-state index is -1.36. The number of nitriles is 1. The highest BCUT2D eigenvalue weighted by Crippen LogP contribution is 2.40. The van der Waals surface area contributed by atoms with Crippen molar-refractivity contribution in [2.45, 2.75) is 13.3 Å². The van der Waals surface area contributed by atoms with Crippen LogP contribution in [0.4, 0.5) is 0 Å². The molecule has 1 heterocycles. The average Bonchev–Trinajstić information content (AvgIpc) is 3.00. The van der Waals surface area contributed by atoms with Gasteiger partial charge >= 0.3 is 0 Å². The summed E-state index contributed by atoms with van der Waals surface area (Å²) in [5, 5.41) is 11.9. The molecule has 0 fully saturated rings. The van der Waals surface area contributed by atoms with Gasteiger partial charge in [-0.05, 0) is 30.2 Å². The molecule has 1 unspecified atom stereocenters. The first-order chi connectivity index (χ1) is 11.1. The SMILES string of the molecule is CCCNC(=O)C(C#N)C(=O)C=Cc1cc(Cl)c2c(c1)OCO2. The first kappa shape index (κ1) is 16.8. The van der Waals surface area contributed by atoms with Crippen LogP contribution in [0, 0.1) is 17.2 Å². The number of allylic oxidation sites excluding steroid dienone is 1. The topological polar surface area (TPSA) is 88.4 Å². The molecule has 0 saturated heterocycles. The second kappa shape index (κ2) is 7.65. The van der Waals surface area contributed by atoms with E-state index >= 15 is 0 Å². The van der Waals surface area contributed by atoms with E-state index in [9.17, 15) is 9.59 Å². The second-order valence-corrected chi connectivity index (χ2v) is 5.23. The van der Waals surface area contributed by atoms with E-state index in [4.69, 9.17) is 26.3 Å². The normalized spacial score (nSPS) is 13.6. The molecule has 0 spiro atoms. The molecule has 1 aromatic carbocycles. The van der Waals surface area contributed by atoms with Crippen LogP contribution in [-0.2, 0) is 9.59 Å². The van der Waals surface area contributed by atoms with E-state index in [1.165, 1.54) is 12.2 Å². The van der Waals surface area contributed by atoms with Crippen LogP contribution in [0.25, 0.3) is 6.08 Å². The van der Waals surface area contributed by atoms with Gasteiger partial charge in [-0.2, -0.15) is 5.26 Å². The van der Waals surface area contributed by atoms with Gasteiger partial charge in [-0.15, -0.1) is 0 Å². The summed E-state index contributed by atoms with van der Waals surface area (Å²) in [6, 6.07) is 4.99. The number of nitrogens with zero attached hydrogens (tertiary/aromatic N) is 1. The number of ketones is 1. The number of amides is 1. The first-order valence-corrected chi connectivity index (χ1v) is 7.43. The van der Waals surface area contributed by atoms with E-state index < -0.39 is 17.6 Å². The van der Waals surface area contributed by atoms with Crippen molar-refractivity contribution < 1.29 is 19.1 Å². The summed E-state index contributed by atoms with van der Waals surface area (Å²) < 4.78 is 10.4. The number of carbonyl (C=O) groups is 2. The summed E-state index contributed by atoms with van der Waals surface area (Å²) >= 11 is 6.05. The number of fused-ring (bicyclic) bond motifs is 1. The summed E-state index contributed by atoms with van der Waals surface area (Å²) in [5.41, 5.74) is 0.609. The van der Waals surface area contributed by atoms with E-state index in [2.05, 4.69) is 5.32 Å². The Morgan fingerprint density at radius 1 is 1.48 bits per heavy atom. The van der Waals surface area contributed by atoms with Gasteiger partial charge in [-0.3, -0.25) is 9.59 Å². The van der Waals surface area contributed by atoms with Crippen molar-refractivity contribution in [2.24, 2.45) is 5.92 Å². The van der Waals surface area contributed by atoms with Crippen molar-refractivity contribution in [3.63, 3.8) is 0 Å². The number of benzene rings is 1. The highest BCUT2D eigenvalue weighted by Gasteiger charge is 2.24. The van der Waals surface area contributed by atoms with Crippen LogP contribution in [0.2, 0.25) is 5.02 Å². The molecule has 1 aliphatic heterocycles. The Bertz CT molecular complexity index is 694. The van der Waals surface area contributed by atoms with E-state index in [-0.39, 0.29) is 6.79 Å². The Morgan fingerprint density at radius 3 is 2.96 bits per heavy atom. The summed E-state index contributed by atoms with van der Waals surface area (Å²) in [6.07, 6.45) is 3.39. The zero-order valence-corrected chi connectivity index (χ0v) is 13.2. The monoisotopic (exact) mass is 334 g/mol. The van der Waals surface area contributed by atoms with Gasteiger partial charge in [0.15, 0.2) is 23.2 Å². The molecule has 0 saturated carbocycles. The van der Waals surface area contributed by atoms with Crippen molar-refractivity contribution >= 4 is 29.4 Å². The highest BCUT2D eigenvalue weighted by atomic mass is 35.5. The molecule has 120 valence electrons. The molecule has 1 N–H and O–H groups in total. The molecule has 1 atom stereocenters. The third-order valence-electron chi connectivity index (χ3n) is 3.11. The molecule has 0 bridgehead atoms. The Kier molecular flexibility index (Phi) is 5.61. The van der Waals surface area contributed by atoms with Crippen molar-refractivity contribution in [1.29, 1.82) is 5.26 Å². The molecule has 6 nitrogen and oxygen atoms in total. The van der Waals surface area contributed by atoms with Crippen LogP contribution in [0.1, 0.15) is 18.9 Å². The van der Waals surface area contributed by atoms with Gasteiger partial charge in [0.25, 0.3) is 0 Å². The smallest absolute Gasteiger partial charge is 0.245 e. The molecule has 23 heavy (non-hydrogen) atoms. The molecule has 2 rings (SSSR count). The lowest BCUT2D eigenvalue weighted by molar-refractivity contribution is -0.129. The van der Waals surface area contributed by atoms with E-state index in [0.717, 1.165) is 6.42 Å². The Morgan fingerprint density at radius 2 is 2.26 bits per heavy atom. The fourth-order valence-corrected chi connectivity index (χ4v) is 2.23. The number of rotatable bonds is 6. The maximum absolute atomic E-state index is 12.0. The van der Waals surface area contributed by atoms with E-state index in [1.807, 2.05) is 6.92 Å². The zero-order valence-electron chi connectivity index (χ0n) is 12.5. The highest BCUT2D eigenvalue weighted by molar-refractivity contribution is 6.32. The average molecular weight is 335 g/mol. The quantitative estimate of drug-likeness (QED) is 0.637. The molecule has 1 aliphatic rings. The lowest BCUT2D eigenvalue weighted by Gasteiger charge is -2.06.